The number of imide groups is 2. The number of anilines is 2. The van der Waals surface area contributed by atoms with Gasteiger partial charge in [0, 0.05) is 37.4 Å². The number of aromatic nitrogens is 2. The standard InChI is InChI=1S/C41H43ClF3N7O5/c42-31-18-26(41(43,44)45)2-5-32(31)47-38(57)40(10-1-11-40)51-23-25(22-46-51)24-8-14-49(15-9-24)28-20-39(21-28)12-16-50(17-13-39)27-3-4-29-30(19-27)37(56)52(36(29)55)33-6-7-34(53)48-35(33)54/h2-5,18-19,22-24,28,33H,1,6-17,20-21H2,(H,47,57)(H,48,53,54). The zero-order valence-corrected chi connectivity index (χ0v) is 32.0. The van der Waals surface area contributed by atoms with Crippen LogP contribution in [0.15, 0.2) is 48.8 Å². The Labute approximate surface area is 332 Å². The number of carbonyl (C=O) groups excluding carboxylic acids is 5. The number of fused-ring (bicyclic) bond motifs is 1. The number of nitrogens with zero attached hydrogens (tertiary/aromatic N) is 5. The van der Waals surface area contributed by atoms with E-state index in [0.29, 0.717) is 35.8 Å². The quantitative estimate of drug-likeness (QED) is 0.274. The van der Waals surface area contributed by atoms with Crippen LogP contribution in [0.3, 0.4) is 0 Å². The summed E-state index contributed by atoms with van der Waals surface area (Å²) in [5, 5.41) is 9.46. The highest BCUT2D eigenvalue weighted by molar-refractivity contribution is 6.33. The lowest BCUT2D eigenvalue weighted by Gasteiger charge is -2.56. The number of alkyl halides is 3. The molecule has 57 heavy (non-hydrogen) atoms. The van der Waals surface area contributed by atoms with Crippen LogP contribution in [0, 0.1) is 5.41 Å². The van der Waals surface area contributed by atoms with E-state index in [-0.39, 0.29) is 35.0 Å². The van der Waals surface area contributed by atoms with Crippen LogP contribution in [-0.2, 0) is 26.1 Å². The van der Waals surface area contributed by atoms with Crippen LogP contribution < -0.4 is 15.5 Å². The van der Waals surface area contributed by atoms with Gasteiger partial charge in [0.05, 0.1) is 33.6 Å². The van der Waals surface area contributed by atoms with Gasteiger partial charge in [0.15, 0.2) is 0 Å². The first kappa shape index (κ1) is 37.8. The van der Waals surface area contributed by atoms with E-state index >= 15 is 0 Å². The molecule has 4 aliphatic heterocycles. The van der Waals surface area contributed by atoms with E-state index in [2.05, 4.69) is 25.5 Å². The highest BCUT2D eigenvalue weighted by atomic mass is 35.5. The lowest BCUT2D eigenvalue weighted by Crippen LogP contribution is -2.56. The molecule has 1 unspecified atom stereocenters. The predicted octanol–water partition coefficient (Wildman–Crippen LogP) is 6.10. The third-order valence-electron chi connectivity index (χ3n) is 13.7. The maximum Gasteiger partial charge on any atom is 0.416 e. The lowest BCUT2D eigenvalue weighted by molar-refractivity contribution is -0.138. The zero-order valence-electron chi connectivity index (χ0n) is 31.2. The van der Waals surface area contributed by atoms with Gasteiger partial charge in [0.2, 0.25) is 11.8 Å². The van der Waals surface area contributed by atoms with Gasteiger partial charge in [-0.15, -0.1) is 0 Å². The summed E-state index contributed by atoms with van der Waals surface area (Å²) in [7, 11) is 0. The maximum atomic E-state index is 13.5. The molecule has 3 saturated heterocycles. The summed E-state index contributed by atoms with van der Waals surface area (Å²) < 4.78 is 41.1. The Kier molecular flexibility index (Phi) is 9.26. The average molecular weight is 806 g/mol. The maximum absolute atomic E-state index is 13.5. The van der Waals surface area contributed by atoms with Gasteiger partial charge in [0.1, 0.15) is 11.6 Å². The van der Waals surface area contributed by atoms with Crippen molar-refractivity contribution in [2.75, 3.05) is 36.4 Å². The van der Waals surface area contributed by atoms with Crippen LogP contribution in [-0.4, -0.2) is 87.4 Å². The van der Waals surface area contributed by atoms with Crippen LogP contribution in [0.1, 0.15) is 108 Å². The third-order valence-corrected chi connectivity index (χ3v) is 14.0. The topological polar surface area (TPSA) is 137 Å². The van der Waals surface area contributed by atoms with Gasteiger partial charge >= 0.3 is 6.18 Å². The van der Waals surface area contributed by atoms with Gasteiger partial charge in [-0.2, -0.15) is 18.3 Å². The fraction of sp³-hybridized carbons (Fsp3) is 0.512. The fourth-order valence-corrected chi connectivity index (χ4v) is 10.2. The van der Waals surface area contributed by atoms with Crippen molar-refractivity contribution < 1.29 is 37.1 Å². The largest absolute Gasteiger partial charge is 0.416 e. The Morgan fingerprint density at radius 2 is 1.61 bits per heavy atom. The Hall–Kier alpha value is -4.76. The van der Waals surface area contributed by atoms with Crippen molar-refractivity contribution in [2.45, 2.75) is 100 Å². The second-order valence-electron chi connectivity index (χ2n) is 16.8. The molecule has 2 aliphatic carbocycles. The normalized spacial score (nSPS) is 24.0. The molecule has 3 aromatic rings. The number of halogens is 4. The second kappa shape index (κ2) is 14.0. The van der Waals surface area contributed by atoms with E-state index in [1.165, 1.54) is 6.07 Å². The summed E-state index contributed by atoms with van der Waals surface area (Å²) >= 11 is 6.14. The van der Waals surface area contributed by atoms with E-state index in [1.807, 2.05) is 18.5 Å². The number of hydrogen-bond acceptors (Lipinski definition) is 8. The molecule has 5 amide bonds. The number of carbonyl (C=O) groups is 5. The van der Waals surface area contributed by atoms with Gasteiger partial charge in [-0.05, 0) is 131 Å². The van der Waals surface area contributed by atoms with Crippen molar-refractivity contribution in [3.05, 3.63) is 76.1 Å². The minimum Gasteiger partial charge on any atom is -0.371 e. The Bertz CT molecular complexity index is 2160. The molecule has 0 radical (unpaired) electrons. The number of rotatable bonds is 7. The molecule has 5 heterocycles. The van der Waals surface area contributed by atoms with Crippen molar-refractivity contribution in [1.29, 1.82) is 0 Å². The highest BCUT2D eigenvalue weighted by Gasteiger charge is 2.50. The molecule has 5 fully saturated rings. The van der Waals surface area contributed by atoms with Crippen molar-refractivity contribution in [3.8, 4) is 0 Å². The summed E-state index contributed by atoms with van der Waals surface area (Å²) in [6.07, 6.45) is 7.89. The van der Waals surface area contributed by atoms with E-state index < -0.39 is 46.9 Å². The Morgan fingerprint density at radius 1 is 0.895 bits per heavy atom. The summed E-state index contributed by atoms with van der Waals surface area (Å²) in [6, 6.07) is 7.83. The first-order chi connectivity index (χ1) is 27.2. The number of amides is 5. The van der Waals surface area contributed by atoms with E-state index in [0.717, 1.165) is 99.4 Å². The molecule has 9 rings (SSSR count). The van der Waals surface area contributed by atoms with Crippen molar-refractivity contribution in [2.24, 2.45) is 5.41 Å². The van der Waals surface area contributed by atoms with Crippen LogP contribution in [0.4, 0.5) is 24.5 Å². The second-order valence-corrected chi connectivity index (χ2v) is 17.2. The third kappa shape index (κ3) is 6.60. The molecular weight excluding hydrogens is 763 g/mol. The summed E-state index contributed by atoms with van der Waals surface area (Å²) in [5.74, 6) is -2.01. The van der Waals surface area contributed by atoms with Gasteiger partial charge < -0.3 is 15.1 Å². The predicted molar refractivity (Wildman–Crippen MR) is 203 cm³/mol. The molecule has 2 N–H and O–H groups in total. The summed E-state index contributed by atoms with van der Waals surface area (Å²) in [5.41, 5.74) is 1.24. The number of likely N-dealkylation sites (tertiary alicyclic amines) is 1. The monoisotopic (exact) mass is 805 g/mol. The Morgan fingerprint density at radius 3 is 2.26 bits per heavy atom. The minimum atomic E-state index is -4.53. The number of nitrogens with one attached hydrogen (secondary N) is 2. The van der Waals surface area contributed by atoms with E-state index in [1.54, 1.807) is 16.8 Å². The van der Waals surface area contributed by atoms with Crippen LogP contribution in [0.2, 0.25) is 5.02 Å². The summed E-state index contributed by atoms with van der Waals surface area (Å²) in [6.45, 7) is 3.68. The fourth-order valence-electron chi connectivity index (χ4n) is 9.98. The van der Waals surface area contributed by atoms with Gasteiger partial charge in [-0.3, -0.25) is 38.9 Å². The molecule has 6 aliphatic rings. The molecule has 12 nitrogen and oxygen atoms in total. The zero-order chi connectivity index (χ0) is 39.9. The van der Waals surface area contributed by atoms with Crippen molar-refractivity contribution in [3.63, 3.8) is 0 Å². The van der Waals surface area contributed by atoms with Gasteiger partial charge in [0.25, 0.3) is 17.7 Å². The molecule has 0 bridgehead atoms. The number of piperidine rings is 3. The molecular formula is C41H43ClF3N7O5. The highest BCUT2D eigenvalue weighted by Crippen LogP contribution is 2.52. The SMILES string of the molecule is O=C1CCC(N2C(=O)c3ccc(N4CCC5(CC4)CC(N4CCC(c6cnn(C7(C(=O)Nc8ccc(C(F)(F)F)cc8Cl)CCC7)c6)CC4)C5)cc3C2=O)C(=O)N1. The van der Waals surface area contributed by atoms with Crippen LogP contribution in [0.5, 0.6) is 0 Å². The van der Waals surface area contributed by atoms with Crippen LogP contribution >= 0.6 is 11.6 Å². The smallest absolute Gasteiger partial charge is 0.371 e. The number of benzene rings is 2. The minimum absolute atomic E-state index is 0.0823. The van der Waals surface area contributed by atoms with Gasteiger partial charge in [-0.1, -0.05) is 11.6 Å². The molecule has 1 spiro atoms. The molecule has 1 aromatic heterocycles. The first-order valence-electron chi connectivity index (χ1n) is 19.8. The average Bonchev–Trinajstić information content (AvgIpc) is 3.73. The van der Waals surface area contributed by atoms with Crippen molar-refractivity contribution >= 4 is 52.5 Å². The van der Waals surface area contributed by atoms with Crippen molar-refractivity contribution in [1.82, 2.24) is 24.9 Å². The Balaban J connectivity index is 0.761. The molecule has 16 heteroatoms. The molecule has 2 aromatic carbocycles. The molecule has 2 saturated carbocycles. The molecule has 1 atom stereocenters. The van der Waals surface area contributed by atoms with E-state index in [9.17, 15) is 37.1 Å². The lowest BCUT2D eigenvalue weighted by atomic mass is 9.59. The summed E-state index contributed by atoms with van der Waals surface area (Å²) in [4.78, 5) is 70.0. The first-order valence-corrected chi connectivity index (χ1v) is 20.2. The number of hydrogen-bond donors (Lipinski definition) is 2. The van der Waals surface area contributed by atoms with Crippen LogP contribution in [0.25, 0.3) is 0 Å². The molecule has 300 valence electrons. The van der Waals surface area contributed by atoms with E-state index in [4.69, 9.17) is 11.6 Å². The van der Waals surface area contributed by atoms with Gasteiger partial charge in [-0.25, -0.2) is 0 Å².